The first-order valence-electron chi connectivity index (χ1n) is 11.4. The van der Waals surface area contributed by atoms with Gasteiger partial charge in [0.15, 0.2) is 5.65 Å². The number of rotatable bonds is 5. The Morgan fingerprint density at radius 3 is 2.74 bits per heavy atom. The van der Waals surface area contributed by atoms with E-state index in [1.807, 2.05) is 18.2 Å². The van der Waals surface area contributed by atoms with Crippen LogP contribution >= 0.6 is 23.2 Å². The fraction of sp³-hybridized carbons (Fsp3) is 0.375. The summed E-state index contributed by atoms with van der Waals surface area (Å²) in [4.78, 5) is 26.8. The summed E-state index contributed by atoms with van der Waals surface area (Å²) >= 11 is 13.2. The number of nitrogens with zero attached hydrogens (tertiary/aromatic N) is 3. The van der Waals surface area contributed by atoms with E-state index < -0.39 is 0 Å². The number of carbonyl (C=O) groups excluding carboxylic acids is 1. The molecule has 2 aliphatic carbocycles. The number of anilines is 2. The Kier molecular flexibility index (Phi) is 5.39. The second-order valence-electron chi connectivity index (χ2n) is 9.08. The van der Waals surface area contributed by atoms with Crippen LogP contribution in [0.3, 0.4) is 0 Å². The van der Waals surface area contributed by atoms with Crippen molar-refractivity contribution in [2.24, 2.45) is 23.5 Å². The number of amides is 1. The number of imidazole rings is 1. The summed E-state index contributed by atoms with van der Waals surface area (Å²) in [5.74, 6) is 0.418. The molecule has 4 N–H and O–H groups in total. The summed E-state index contributed by atoms with van der Waals surface area (Å²) in [6, 6.07) is 5.83. The van der Waals surface area contributed by atoms with Gasteiger partial charge in [0.2, 0.25) is 5.91 Å². The summed E-state index contributed by atoms with van der Waals surface area (Å²) in [7, 11) is 0. The topological polar surface area (TPSA) is 109 Å². The van der Waals surface area contributed by atoms with Gasteiger partial charge in [-0.3, -0.25) is 4.79 Å². The van der Waals surface area contributed by atoms with Crippen molar-refractivity contribution >= 4 is 51.6 Å². The molecule has 6 rings (SSSR count). The molecule has 1 aromatic carbocycles. The highest BCUT2D eigenvalue weighted by molar-refractivity contribution is 6.34. The first-order chi connectivity index (χ1) is 16.5. The van der Waals surface area contributed by atoms with Crippen LogP contribution in [-0.2, 0) is 9.53 Å². The standard InChI is InChI=1S/C24H24Cl2N6O2/c25-16-10-14(32-5-7-34-8-6-32)3-4-15(16)23-30-21-20(17(26)11-28-24(21)31-23)29-19-13-2-1-12(9-13)18(19)22(27)33/h1-4,10-13,18-19H,5-9H2,(H2,27,33)(H2,28,29,30,31)/t12-,13+,18?,19?/m1/s1. The van der Waals surface area contributed by atoms with Crippen molar-refractivity contribution in [1.29, 1.82) is 0 Å². The molecule has 1 saturated carbocycles. The highest BCUT2D eigenvalue weighted by Crippen LogP contribution is 2.46. The number of allylic oxidation sites excluding steroid dienone is 1. The molecule has 10 heteroatoms. The van der Waals surface area contributed by atoms with Crippen LogP contribution in [0.4, 0.5) is 11.4 Å². The number of fused-ring (bicyclic) bond motifs is 3. The Hall–Kier alpha value is -2.81. The Morgan fingerprint density at radius 1 is 1.18 bits per heavy atom. The van der Waals surface area contributed by atoms with Gasteiger partial charge in [-0.1, -0.05) is 35.4 Å². The third kappa shape index (κ3) is 3.61. The van der Waals surface area contributed by atoms with Crippen molar-refractivity contribution in [2.75, 3.05) is 36.5 Å². The fourth-order valence-electron chi connectivity index (χ4n) is 5.49. The molecule has 3 aliphatic rings. The SMILES string of the molecule is NC(=O)C1C(Nc2c(Cl)cnc3nc(-c4ccc(N5CCOCC5)cc4Cl)[nH]c23)[C@H]2C=C[C@@H]1C2. The number of H-pyrrole nitrogens is 1. The number of primary amides is 1. The molecule has 3 heterocycles. The lowest BCUT2D eigenvalue weighted by Gasteiger charge is -2.29. The lowest BCUT2D eigenvalue weighted by atomic mass is 9.88. The predicted molar refractivity (Wildman–Crippen MR) is 133 cm³/mol. The Labute approximate surface area is 206 Å². The van der Waals surface area contributed by atoms with Crippen LogP contribution in [-0.4, -0.2) is 53.2 Å². The molecule has 1 saturated heterocycles. The molecule has 1 amide bonds. The molecule has 0 radical (unpaired) electrons. The highest BCUT2D eigenvalue weighted by Gasteiger charge is 2.47. The van der Waals surface area contributed by atoms with E-state index in [1.54, 1.807) is 6.20 Å². The number of nitrogens with two attached hydrogens (primary N) is 1. The first-order valence-corrected chi connectivity index (χ1v) is 12.2. The molecule has 4 atom stereocenters. The predicted octanol–water partition coefficient (Wildman–Crippen LogP) is 3.86. The Balaban J connectivity index is 1.34. The molecule has 2 aromatic heterocycles. The number of ether oxygens (including phenoxy) is 1. The van der Waals surface area contributed by atoms with Crippen LogP contribution in [0.25, 0.3) is 22.6 Å². The molecule has 2 unspecified atom stereocenters. The second-order valence-corrected chi connectivity index (χ2v) is 9.89. The molecule has 1 aliphatic heterocycles. The van der Waals surface area contributed by atoms with E-state index in [9.17, 15) is 4.79 Å². The number of hydrogen-bond donors (Lipinski definition) is 3. The highest BCUT2D eigenvalue weighted by atomic mass is 35.5. The van der Waals surface area contributed by atoms with E-state index in [0.29, 0.717) is 45.9 Å². The number of benzene rings is 1. The van der Waals surface area contributed by atoms with Crippen LogP contribution in [0.5, 0.6) is 0 Å². The number of pyridine rings is 1. The number of nitrogens with one attached hydrogen (secondary N) is 2. The third-order valence-electron chi connectivity index (χ3n) is 7.16. The first kappa shape index (κ1) is 21.7. The molecule has 3 aromatic rings. The lowest BCUT2D eigenvalue weighted by Crippen LogP contribution is -2.41. The van der Waals surface area contributed by atoms with Gasteiger partial charge in [0, 0.05) is 30.4 Å². The zero-order valence-corrected chi connectivity index (χ0v) is 19.8. The van der Waals surface area contributed by atoms with E-state index in [-0.39, 0.29) is 29.7 Å². The smallest absolute Gasteiger partial charge is 0.223 e. The van der Waals surface area contributed by atoms with Gasteiger partial charge in [-0.25, -0.2) is 9.97 Å². The van der Waals surface area contributed by atoms with Crippen LogP contribution < -0.4 is 16.0 Å². The van der Waals surface area contributed by atoms with Gasteiger partial charge in [0.05, 0.1) is 41.1 Å². The van der Waals surface area contributed by atoms with Crippen molar-refractivity contribution in [1.82, 2.24) is 15.0 Å². The summed E-state index contributed by atoms with van der Waals surface area (Å²) < 4.78 is 5.44. The summed E-state index contributed by atoms with van der Waals surface area (Å²) in [5.41, 5.74) is 9.43. The number of halogens is 2. The minimum atomic E-state index is -0.298. The molecule has 8 nitrogen and oxygen atoms in total. The van der Waals surface area contributed by atoms with Crippen LogP contribution in [0.1, 0.15) is 6.42 Å². The van der Waals surface area contributed by atoms with Crippen LogP contribution in [0, 0.1) is 17.8 Å². The molecule has 2 fully saturated rings. The molecule has 176 valence electrons. The summed E-state index contributed by atoms with van der Waals surface area (Å²) in [6.45, 7) is 3.09. The lowest BCUT2D eigenvalue weighted by molar-refractivity contribution is -0.122. The van der Waals surface area contributed by atoms with E-state index in [1.165, 1.54) is 0 Å². The van der Waals surface area contributed by atoms with Crippen molar-refractivity contribution < 1.29 is 9.53 Å². The normalized spacial score (nSPS) is 25.9. The van der Waals surface area contributed by atoms with Crippen molar-refractivity contribution in [3.8, 4) is 11.4 Å². The van der Waals surface area contributed by atoms with E-state index in [2.05, 4.69) is 37.3 Å². The molecule has 34 heavy (non-hydrogen) atoms. The summed E-state index contributed by atoms with van der Waals surface area (Å²) in [6.07, 6.45) is 6.74. The molecular formula is C24H24Cl2N6O2. The van der Waals surface area contributed by atoms with Crippen molar-refractivity contribution in [3.05, 3.63) is 46.6 Å². The van der Waals surface area contributed by atoms with Crippen molar-refractivity contribution in [3.63, 3.8) is 0 Å². The van der Waals surface area contributed by atoms with Gasteiger partial charge in [-0.05, 0) is 36.5 Å². The van der Waals surface area contributed by atoms with Crippen molar-refractivity contribution in [2.45, 2.75) is 12.5 Å². The largest absolute Gasteiger partial charge is 0.378 e. The number of morpholine rings is 1. The number of hydrogen-bond acceptors (Lipinski definition) is 6. The van der Waals surface area contributed by atoms with E-state index in [0.717, 1.165) is 30.8 Å². The maximum atomic E-state index is 12.2. The number of aromatic amines is 1. The maximum absolute atomic E-state index is 12.2. The average Bonchev–Trinajstić information content (AvgIpc) is 3.56. The van der Waals surface area contributed by atoms with Gasteiger partial charge in [-0.15, -0.1) is 0 Å². The van der Waals surface area contributed by atoms with Gasteiger partial charge in [-0.2, -0.15) is 0 Å². The van der Waals surface area contributed by atoms with Crippen LogP contribution in [0.15, 0.2) is 36.5 Å². The zero-order valence-electron chi connectivity index (χ0n) is 18.3. The van der Waals surface area contributed by atoms with Gasteiger partial charge in [0.25, 0.3) is 0 Å². The summed E-state index contributed by atoms with van der Waals surface area (Å²) in [5, 5.41) is 4.54. The quantitative estimate of drug-likeness (QED) is 0.460. The van der Waals surface area contributed by atoms with E-state index >= 15 is 0 Å². The number of aromatic nitrogens is 3. The maximum Gasteiger partial charge on any atom is 0.223 e. The zero-order chi connectivity index (χ0) is 23.4. The molecular weight excluding hydrogens is 475 g/mol. The monoisotopic (exact) mass is 498 g/mol. The second kappa shape index (κ2) is 8.45. The van der Waals surface area contributed by atoms with E-state index in [4.69, 9.17) is 33.7 Å². The number of carbonyl (C=O) groups is 1. The Morgan fingerprint density at radius 2 is 1.97 bits per heavy atom. The average molecular weight is 499 g/mol. The van der Waals surface area contributed by atoms with Gasteiger partial charge < -0.3 is 25.7 Å². The minimum absolute atomic E-state index is 0.126. The molecule has 2 bridgehead atoms. The Bertz CT molecular complexity index is 1300. The minimum Gasteiger partial charge on any atom is -0.378 e. The van der Waals surface area contributed by atoms with Gasteiger partial charge >= 0.3 is 0 Å². The third-order valence-corrected chi connectivity index (χ3v) is 7.76. The molecule has 0 spiro atoms. The van der Waals surface area contributed by atoms with Gasteiger partial charge in [0.1, 0.15) is 11.3 Å². The fourth-order valence-corrected chi connectivity index (χ4v) is 5.95. The van der Waals surface area contributed by atoms with Crippen LogP contribution in [0.2, 0.25) is 10.0 Å².